The van der Waals surface area contributed by atoms with Gasteiger partial charge in [0.1, 0.15) is 5.82 Å². The number of hydrogen-bond donors (Lipinski definition) is 2. The number of nitrogens with zero attached hydrogens (tertiary/aromatic N) is 4. The van der Waals surface area contributed by atoms with Crippen LogP contribution in [0.5, 0.6) is 0 Å². The quantitative estimate of drug-likeness (QED) is 0.369. The Hall–Kier alpha value is -3.38. The fourth-order valence-corrected chi connectivity index (χ4v) is 5.14. The van der Waals surface area contributed by atoms with Crippen molar-refractivity contribution in [2.45, 2.75) is 37.8 Å². The lowest BCUT2D eigenvalue weighted by Gasteiger charge is -2.33. The molecule has 1 amide bonds. The molecule has 2 saturated carbocycles. The first kappa shape index (κ1) is 20.9. The number of pyridine rings is 1. The number of amides is 1. The van der Waals surface area contributed by atoms with Gasteiger partial charge in [-0.05, 0) is 78.8 Å². The molecular weight excluding hydrogens is 397 g/mol. The lowest BCUT2D eigenvalue weighted by Crippen LogP contribution is -2.39. The highest BCUT2D eigenvalue weighted by atomic mass is 19.1. The van der Waals surface area contributed by atoms with Gasteiger partial charge in [-0.2, -0.15) is 0 Å². The second kappa shape index (κ2) is 9.18. The van der Waals surface area contributed by atoms with Crippen LogP contribution in [0, 0.1) is 23.6 Å². The predicted molar refractivity (Wildman–Crippen MR) is 115 cm³/mol. The van der Waals surface area contributed by atoms with E-state index in [1.165, 1.54) is 12.1 Å². The molecule has 2 N–H and O–H groups in total. The molecule has 0 radical (unpaired) electrons. The summed E-state index contributed by atoms with van der Waals surface area (Å²) in [6, 6.07) is 10.0. The van der Waals surface area contributed by atoms with Gasteiger partial charge < -0.3 is 10.4 Å². The summed E-state index contributed by atoms with van der Waals surface area (Å²) in [4.78, 5) is 18.5. The maximum absolute atomic E-state index is 13.4. The van der Waals surface area contributed by atoms with Crippen molar-refractivity contribution < 1.29 is 14.3 Å². The van der Waals surface area contributed by atoms with Gasteiger partial charge in [0.25, 0.3) is 0 Å². The Balaban J connectivity index is 1.48. The number of nitrogens with one attached hydrogen (secondary N) is 1. The van der Waals surface area contributed by atoms with Crippen LogP contribution in [-0.4, -0.2) is 28.3 Å². The molecule has 7 nitrogen and oxygen atoms in total. The molecule has 2 fully saturated rings. The van der Waals surface area contributed by atoms with Crippen molar-refractivity contribution in [3.05, 3.63) is 70.6 Å². The number of fused-ring (bicyclic) bond motifs is 1. The van der Waals surface area contributed by atoms with Crippen LogP contribution in [-0.2, 0) is 0 Å². The molecule has 1 heterocycles. The van der Waals surface area contributed by atoms with Crippen molar-refractivity contribution in [3.63, 3.8) is 0 Å². The first-order valence-electron chi connectivity index (χ1n) is 10.5. The molecule has 0 bridgehead atoms. The highest BCUT2D eigenvalue weighted by Gasteiger charge is 2.44. The molecule has 0 aliphatic heterocycles. The average molecular weight is 421 g/mol. The number of benzene rings is 1. The maximum Gasteiger partial charge on any atom is 0.404 e. The Bertz CT molecular complexity index is 1020. The minimum Gasteiger partial charge on any atom is -0.465 e. The van der Waals surface area contributed by atoms with E-state index in [2.05, 4.69) is 26.4 Å². The van der Waals surface area contributed by atoms with Crippen molar-refractivity contribution in [1.29, 1.82) is 0 Å². The van der Waals surface area contributed by atoms with Crippen LogP contribution < -0.4 is 5.32 Å². The Morgan fingerprint density at radius 2 is 2.13 bits per heavy atom. The number of carboxylic acid groups (broad SMARTS) is 1. The highest BCUT2D eigenvalue weighted by Crippen LogP contribution is 2.48. The van der Waals surface area contributed by atoms with E-state index in [-0.39, 0.29) is 23.8 Å². The highest BCUT2D eigenvalue weighted by molar-refractivity contribution is 5.65. The zero-order chi connectivity index (χ0) is 21.8. The fraction of sp³-hybridized carbons (Fsp3) is 0.391. The van der Waals surface area contributed by atoms with Crippen LogP contribution in [0.15, 0.2) is 53.8 Å². The zero-order valence-electron chi connectivity index (χ0n) is 16.9. The van der Waals surface area contributed by atoms with Crippen molar-refractivity contribution in [2.75, 3.05) is 0 Å². The first-order valence-corrected chi connectivity index (χ1v) is 10.5. The zero-order valence-corrected chi connectivity index (χ0v) is 16.9. The predicted octanol–water partition coefficient (Wildman–Crippen LogP) is 5.65. The Morgan fingerprint density at radius 3 is 2.84 bits per heavy atom. The van der Waals surface area contributed by atoms with Gasteiger partial charge >= 0.3 is 6.09 Å². The SMILES string of the molecule is [N-]=[N+]=N[C@H]1C[C@H]2CC(NC(=O)O)CC[C@H]2[C@@H]1/C=C/c1ccc(-c2cccc(F)c2)cn1. The van der Waals surface area contributed by atoms with Gasteiger partial charge in [-0.3, -0.25) is 4.98 Å². The van der Waals surface area contributed by atoms with Crippen molar-refractivity contribution in [1.82, 2.24) is 10.3 Å². The molecule has 31 heavy (non-hydrogen) atoms. The lowest BCUT2D eigenvalue weighted by molar-refractivity contribution is 0.169. The standard InChI is InChI=1S/C23H24FN5O2/c24-17-3-1-2-14(10-17)15-4-5-18(26-13-15)6-9-21-20-8-7-19(27-23(30)31)11-16(20)12-22(21)28-29-25/h1-6,9-10,13,16,19-22,27H,7-8,11-12H2,(H,30,31)/b9-6+/t16-,19?,20-,21+,22+/m1/s1. The summed E-state index contributed by atoms with van der Waals surface area (Å²) in [6.07, 6.45) is 8.00. The molecule has 8 heteroatoms. The van der Waals surface area contributed by atoms with Crippen LogP contribution in [0.3, 0.4) is 0 Å². The molecular formula is C23H24FN5O2. The van der Waals surface area contributed by atoms with Gasteiger partial charge in [0.05, 0.1) is 5.69 Å². The number of azide groups is 1. The molecule has 2 aliphatic rings. The van der Waals surface area contributed by atoms with Crippen molar-refractivity contribution >= 4 is 12.2 Å². The van der Waals surface area contributed by atoms with Crippen LogP contribution >= 0.6 is 0 Å². The molecule has 1 unspecified atom stereocenters. The summed E-state index contributed by atoms with van der Waals surface area (Å²) in [5.41, 5.74) is 11.4. The summed E-state index contributed by atoms with van der Waals surface area (Å²) in [7, 11) is 0. The minimum absolute atomic E-state index is 0.0368. The number of hydrogen-bond acceptors (Lipinski definition) is 3. The number of carbonyl (C=O) groups is 1. The Morgan fingerprint density at radius 1 is 1.26 bits per heavy atom. The third kappa shape index (κ3) is 4.86. The summed E-state index contributed by atoms with van der Waals surface area (Å²) >= 11 is 0. The molecule has 1 aromatic carbocycles. The van der Waals surface area contributed by atoms with Gasteiger partial charge in [0.2, 0.25) is 0 Å². The van der Waals surface area contributed by atoms with E-state index >= 15 is 0 Å². The molecule has 160 valence electrons. The van der Waals surface area contributed by atoms with Crippen LogP contribution in [0.25, 0.3) is 27.6 Å². The summed E-state index contributed by atoms with van der Waals surface area (Å²) in [5, 5.41) is 15.6. The van der Waals surface area contributed by atoms with E-state index in [1.807, 2.05) is 24.3 Å². The second-order valence-corrected chi connectivity index (χ2v) is 8.31. The molecule has 1 aromatic heterocycles. The van der Waals surface area contributed by atoms with E-state index in [1.54, 1.807) is 12.3 Å². The first-order chi connectivity index (χ1) is 15.0. The molecule has 2 aliphatic carbocycles. The largest absolute Gasteiger partial charge is 0.465 e. The summed E-state index contributed by atoms with van der Waals surface area (Å²) < 4.78 is 13.4. The van der Waals surface area contributed by atoms with Crippen LogP contribution in [0.1, 0.15) is 31.4 Å². The molecule has 0 saturated heterocycles. The normalized spacial score (nSPS) is 27.5. The van der Waals surface area contributed by atoms with Gasteiger partial charge in [-0.25, -0.2) is 9.18 Å². The third-order valence-electron chi connectivity index (χ3n) is 6.49. The van der Waals surface area contributed by atoms with Crippen molar-refractivity contribution in [2.24, 2.45) is 22.9 Å². The fourth-order valence-electron chi connectivity index (χ4n) is 5.14. The lowest BCUT2D eigenvalue weighted by atomic mass is 9.75. The maximum atomic E-state index is 13.4. The van der Waals surface area contributed by atoms with Crippen LogP contribution in [0.2, 0.25) is 0 Å². The van der Waals surface area contributed by atoms with Gasteiger partial charge in [-0.15, -0.1) is 0 Å². The average Bonchev–Trinajstić information content (AvgIpc) is 3.09. The van der Waals surface area contributed by atoms with E-state index < -0.39 is 6.09 Å². The smallest absolute Gasteiger partial charge is 0.404 e. The number of halogens is 1. The topological polar surface area (TPSA) is 111 Å². The molecule has 2 aromatic rings. The van der Waals surface area contributed by atoms with Crippen LogP contribution in [0.4, 0.5) is 9.18 Å². The van der Waals surface area contributed by atoms with E-state index in [0.717, 1.165) is 42.5 Å². The summed E-state index contributed by atoms with van der Waals surface area (Å²) in [6.45, 7) is 0. The van der Waals surface area contributed by atoms with Gasteiger partial charge in [0.15, 0.2) is 0 Å². The van der Waals surface area contributed by atoms with Gasteiger partial charge in [-0.1, -0.05) is 29.4 Å². The minimum atomic E-state index is -0.989. The molecule has 4 rings (SSSR count). The number of aromatic nitrogens is 1. The van der Waals surface area contributed by atoms with E-state index in [0.29, 0.717) is 11.8 Å². The monoisotopic (exact) mass is 421 g/mol. The Kier molecular flexibility index (Phi) is 6.18. The van der Waals surface area contributed by atoms with E-state index in [4.69, 9.17) is 10.6 Å². The van der Waals surface area contributed by atoms with Crippen molar-refractivity contribution in [3.8, 4) is 11.1 Å². The third-order valence-corrected chi connectivity index (χ3v) is 6.49. The van der Waals surface area contributed by atoms with Gasteiger partial charge in [0, 0.05) is 28.8 Å². The molecule has 0 spiro atoms. The number of rotatable bonds is 5. The van der Waals surface area contributed by atoms with E-state index in [9.17, 15) is 9.18 Å². The molecule has 5 atom stereocenters. The second-order valence-electron chi connectivity index (χ2n) is 8.31. The Labute approximate surface area is 179 Å². The summed E-state index contributed by atoms with van der Waals surface area (Å²) in [5.74, 6) is 0.523.